The molecule has 0 aromatic heterocycles. The molecule has 1 saturated carbocycles. The molecule has 0 aliphatic heterocycles. The Labute approximate surface area is 286 Å². The number of phenolic OH excluding ortho intramolecular Hbond substituents is 2. The molecule has 48 heavy (non-hydrogen) atoms. The predicted molar refractivity (Wildman–Crippen MR) is 197 cm³/mol. The lowest BCUT2D eigenvalue weighted by molar-refractivity contribution is 0.389. The van der Waals surface area contributed by atoms with Gasteiger partial charge >= 0.3 is 0 Å². The first-order valence-corrected chi connectivity index (χ1v) is 17.3. The van der Waals surface area contributed by atoms with Crippen LogP contribution in [0.25, 0.3) is 0 Å². The van der Waals surface area contributed by atoms with Gasteiger partial charge in [0.25, 0.3) is 0 Å². The van der Waals surface area contributed by atoms with Crippen LogP contribution in [0.15, 0.2) is 82.8 Å². The van der Waals surface area contributed by atoms with Crippen LogP contribution in [0.4, 0.5) is 0 Å². The summed E-state index contributed by atoms with van der Waals surface area (Å²) in [6.07, 6.45) is 9.21. The van der Waals surface area contributed by atoms with Crippen molar-refractivity contribution in [2.75, 3.05) is 14.2 Å². The molecule has 6 heteroatoms. The van der Waals surface area contributed by atoms with E-state index in [0.29, 0.717) is 11.1 Å². The molecule has 5 rings (SSSR count). The molecule has 0 amide bonds. The van der Waals surface area contributed by atoms with E-state index in [0.717, 1.165) is 83.4 Å². The van der Waals surface area contributed by atoms with E-state index in [1.807, 2.05) is 62.4 Å². The van der Waals surface area contributed by atoms with Gasteiger partial charge in [0.2, 0.25) is 0 Å². The molecule has 0 bridgehead atoms. The number of hydrogen-bond acceptors (Lipinski definition) is 6. The maximum atomic E-state index is 11.7. The van der Waals surface area contributed by atoms with Gasteiger partial charge in [-0.05, 0) is 73.9 Å². The van der Waals surface area contributed by atoms with E-state index in [2.05, 4.69) is 38.1 Å². The third-order valence-electron chi connectivity index (χ3n) is 10.0. The molecule has 6 nitrogen and oxygen atoms in total. The Bertz CT molecular complexity index is 1600. The molecule has 0 radical (unpaired) electrons. The van der Waals surface area contributed by atoms with Crippen molar-refractivity contribution in [2.24, 2.45) is 9.98 Å². The van der Waals surface area contributed by atoms with Crippen molar-refractivity contribution in [3.05, 3.63) is 117 Å². The number of aromatic hydroxyl groups is 2. The summed E-state index contributed by atoms with van der Waals surface area (Å²) >= 11 is 0. The molecule has 252 valence electrons. The van der Waals surface area contributed by atoms with Crippen LogP contribution < -0.4 is 9.47 Å². The van der Waals surface area contributed by atoms with Gasteiger partial charge in [-0.25, -0.2) is 0 Å². The lowest BCUT2D eigenvalue weighted by Gasteiger charge is -2.26. The van der Waals surface area contributed by atoms with Gasteiger partial charge in [-0.1, -0.05) is 87.4 Å². The molecule has 1 fully saturated rings. The summed E-state index contributed by atoms with van der Waals surface area (Å²) in [6, 6.07) is 24.3. The lowest BCUT2D eigenvalue weighted by Crippen LogP contribution is -2.27. The van der Waals surface area contributed by atoms with Crippen LogP contribution in [0.5, 0.6) is 23.0 Å². The Hall–Kier alpha value is -4.58. The summed E-state index contributed by atoms with van der Waals surface area (Å²) < 4.78 is 11.6. The number of benzene rings is 4. The molecule has 0 heterocycles. The number of ether oxygens (including phenoxy) is 2. The molecular formula is C42H50N2O4. The topological polar surface area (TPSA) is 83.6 Å². The standard InChI is InChI=1S/C42H50N2O4/c1-7-33(29-17-11-9-12-18-29)39-27(3)37(47-5)23-31(41(39)45)25-43-35-21-15-16-22-36(35)44-26-32-24-38(48-6)28(4)40(42(32)46)34(8-2)30-19-13-10-14-20-30/h9-14,17-20,23-26,33-36,45-46H,7-8,15-16,21-22H2,1-6H3/t33?,34?,35-,36-/m0/s1. The summed E-state index contributed by atoms with van der Waals surface area (Å²) in [4.78, 5) is 10.1. The van der Waals surface area contributed by atoms with Crippen molar-refractivity contribution in [2.45, 2.75) is 90.1 Å². The average Bonchev–Trinajstić information content (AvgIpc) is 3.12. The molecule has 4 aromatic rings. The summed E-state index contributed by atoms with van der Waals surface area (Å²) in [6.45, 7) is 8.30. The minimum atomic E-state index is -0.0529. The highest BCUT2D eigenvalue weighted by Gasteiger charge is 2.27. The minimum Gasteiger partial charge on any atom is -0.507 e. The zero-order valence-corrected chi connectivity index (χ0v) is 29.2. The monoisotopic (exact) mass is 646 g/mol. The summed E-state index contributed by atoms with van der Waals surface area (Å²) in [5.41, 5.74) is 7.24. The molecule has 2 unspecified atom stereocenters. The lowest BCUT2D eigenvalue weighted by atomic mass is 9.84. The fourth-order valence-corrected chi connectivity index (χ4v) is 7.42. The number of nitrogens with zero attached hydrogens (tertiary/aromatic N) is 2. The Balaban J connectivity index is 1.47. The number of aliphatic imine (C=N–C) groups is 2. The van der Waals surface area contributed by atoms with Gasteiger partial charge in [0.1, 0.15) is 23.0 Å². The van der Waals surface area contributed by atoms with Gasteiger partial charge in [-0.15, -0.1) is 0 Å². The van der Waals surface area contributed by atoms with Gasteiger partial charge in [-0.3, -0.25) is 9.98 Å². The molecule has 4 aromatic carbocycles. The number of methoxy groups -OCH3 is 2. The Morgan fingerprint density at radius 2 is 1.04 bits per heavy atom. The zero-order chi connectivity index (χ0) is 34.2. The van der Waals surface area contributed by atoms with E-state index < -0.39 is 0 Å². The van der Waals surface area contributed by atoms with Gasteiger partial charge in [0.15, 0.2) is 0 Å². The summed E-state index contributed by atoms with van der Waals surface area (Å²) in [5.74, 6) is 2.01. The summed E-state index contributed by atoms with van der Waals surface area (Å²) in [5, 5.41) is 23.3. The Morgan fingerprint density at radius 1 is 0.667 bits per heavy atom. The first-order valence-electron chi connectivity index (χ1n) is 17.3. The second kappa shape index (κ2) is 16.0. The van der Waals surface area contributed by atoms with Crippen molar-refractivity contribution in [1.29, 1.82) is 0 Å². The van der Waals surface area contributed by atoms with Crippen molar-refractivity contribution < 1.29 is 19.7 Å². The molecule has 1 aliphatic carbocycles. The van der Waals surface area contributed by atoms with Gasteiger partial charge in [0, 0.05) is 46.5 Å². The SMILES string of the molecule is CCC(c1ccccc1)c1c(C)c(OC)cc(C=N[C@H]2CCCC[C@@H]2N=Cc2cc(OC)c(C)c(C(CC)c3ccccc3)c2O)c1O. The van der Waals surface area contributed by atoms with Crippen molar-refractivity contribution >= 4 is 12.4 Å². The molecule has 1 aliphatic rings. The smallest absolute Gasteiger partial charge is 0.128 e. The summed E-state index contributed by atoms with van der Waals surface area (Å²) in [7, 11) is 3.34. The van der Waals surface area contributed by atoms with E-state index in [1.165, 1.54) is 0 Å². The first kappa shape index (κ1) is 34.7. The first-order chi connectivity index (χ1) is 23.3. The van der Waals surface area contributed by atoms with Crippen LogP contribution in [0.1, 0.15) is 109 Å². The maximum Gasteiger partial charge on any atom is 0.128 e. The molecular weight excluding hydrogens is 596 g/mol. The second-order valence-electron chi connectivity index (χ2n) is 12.8. The van der Waals surface area contributed by atoms with Crippen LogP contribution in [-0.4, -0.2) is 48.9 Å². The van der Waals surface area contributed by atoms with Crippen LogP contribution in [0.2, 0.25) is 0 Å². The molecule has 2 N–H and O–H groups in total. The average molecular weight is 647 g/mol. The molecule has 4 atom stereocenters. The third-order valence-corrected chi connectivity index (χ3v) is 10.0. The predicted octanol–water partition coefficient (Wildman–Crippen LogP) is 9.66. The van der Waals surface area contributed by atoms with E-state index in [4.69, 9.17) is 19.5 Å². The van der Waals surface area contributed by atoms with Crippen molar-refractivity contribution in [3.8, 4) is 23.0 Å². The minimum absolute atomic E-state index is 0.0266. The van der Waals surface area contributed by atoms with Crippen molar-refractivity contribution in [3.63, 3.8) is 0 Å². The fourth-order valence-electron chi connectivity index (χ4n) is 7.42. The molecule has 0 spiro atoms. The van der Waals surface area contributed by atoms with E-state index >= 15 is 0 Å². The van der Waals surface area contributed by atoms with Crippen LogP contribution in [0, 0.1) is 13.8 Å². The highest BCUT2D eigenvalue weighted by atomic mass is 16.5. The van der Waals surface area contributed by atoms with Crippen LogP contribution >= 0.6 is 0 Å². The van der Waals surface area contributed by atoms with Gasteiger partial charge in [-0.2, -0.15) is 0 Å². The number of hydrogen-bond donors (Lipinski definition) is 2. The largest absolute Gasteiger partial charge is 0.507 e. The van der Waals surface area contributed by atoms with Crippen molar-refractivity contribution in [1.82, 2.24) is 0 Å². The molecule has 0 saturated heterocycles. The quantitative estimate of drug-likeness (QED) is 0.150. The highest BCUT2D eigenvalue weighted by molar-refractivity contribution is 5.87. The Morgan fingerprint density at radius 3 is 1.38 bits per heavy atom. The van der Waals surface area contributed by atoms with E-state index in [1.54, 1.807) is 26.6 Å². The van der Waals surface area contributed by atoms with E-state index in [-0.39, 0.29) is 35.4 Å². The highest BCUT2D eigenvalue weighted by Crippen LogP contribution is 2.43. The second-order valence-corrected chi connectivity index (χ2v) is 12.8. The Kier molecular flexibility index (Phi) is 11.6. The zero-order valence-electron chi connectivity index (χ0n) is 29.2. The van der Waals surface area contributed by atoms with Crippen LogP contribution in [-0.2, 0) is 0 Å². The van der Waals surface area contributed by atoms with Gasteiger partial charge < -0.3 is 19.7 Å². The number of phenols is 2. The maximum absolute atomic E-state index is 11.7. The number of rotatable bonds is 12. The fraction of sp³-hybridized carbons (Fsp3) is 0.381. The normalized spacial score (nSPS) is 17.9. The van der Waals surface area contributed by atoms with E-state index in [9.17, 15) is 10.2 Å². The van der Waals surface area contributed by atoms with Gasteiger partial charge in [0.05, 0.1) is 26.3 Å². The third kappa shape index (κ3) is 7.28. The van der Waals surface area contributed by atoms with Crippen LogP contribution in [0.3, 0.4) is 0 Å².